The number of fused-ring (bicyclic) bond motifs is 1. The van der Waals surface area contributed by atoms with Crippen molar-refractivity contribution in [3.63, 3.8) is 0 Å². The second kappa shape index (κ2) is 1.57. The summed E-state index contributed by atoms with van der Waals surface area (Å²) in [5, 5.41) is 10.8. The average molecular weight is 128 g/mol. The van der Waals surface area contributed by atoms with Crippen LogP contribution in [0, 0.1) is 0 Å². The molecule has 2 aliphatic heterocycles. The first kappa shape index (κ1) is 4.99. The van der Waals surface area contributed by atoms with E-state index < -0.39 is 0 Å². The summed E-state index contributed by atoms with van der Waals surface area (Å²) in [6, 6.07) is 0. The first-order chi connectivity index (χ1) is 4.42. The summed E-state index contributed by atoms with van der Waals surface area (Å²) in [5.41, 5.74) is 0. The van der Waals surface area contributed by atoms with Crippen LogP contribution >= 0.6 is 0 Å². The first-order valence-corrected chi connectivity index (χ1v) is 3.06. The molecule has 1 fully saturated rings. The van der Waals surface area contributed by atoms with Crippen molar-refractivity contribution in [3.8, 4) is 0 Å². The summed E-state index contributed by atoms with van der Waals surface area (Å²) < 4.78 is 0. The van der Waals surface area contributed by atoms with Crippen molar-refractivity contribution in [1.29, 1.82) is 0 Å². The minimum atomic E-state index is 0.0324. The molecular formula is C4H8N4O. The summed E-state index contributed by atoms with van der Waals surface area (Å²) in [5.74, 6) is 0. The van der Waals surface area contributed by atoms with Gasteiger partial charge in [0.1, 0.15) is 0 Å². The third kappa shape index (κ3) is 0.647. The van der Waals surface area contributed by atoms with E-state index in [2.05, 4.69) is 17.4 Å². The molecule has 1 unspecified atom stereocenters. The van der Waals surface area contributed by atoms with Gasteiger partial charge in [-0.3, -0.25) is 0 Å². The molecule has 0 aromatic carbocycles. The minimum absolute atomic E-state index is 0.0324. The van der Waals surface area contributed by atoms with Crippen LogP contribution < -0.4 is 0 Å². The van der Waals surface area contributed by atoms with Gasteiger partial charge in [-0.15, -0.1) is 0 Å². The SMILES string of the molecule is CCCN1N=NN2OC12. The lowest BCUT2D eigenvalue weighted by Gasteiger charge is -2.05. The molecule has 0 amide bonds. The van der Waals surface area contributed by atoms with Crippen molar-refractivity contribution in [2.75, 3.05) is 6.54 Å². The van der Waals surface area contributed by atoms with Gasteiger partial charge in [-0.25, -0.2) is 5.01 Å². The van der Waals surface area contributed by atoms with Gasteiger partial charge in [0.25, 0.3) is 6.35 Å². The topological polar surface area (TPSA) is 43.5 Å². The van der Waals surface area contributed by atoms with Crippen LogP contribution in [0.4, 0.5) is 0 Å². The number of hydroxylamine groups is 1. The second-order valence-electron chi connectivity index (χ2n) is 2.08. The van der Waals surface area contributed by atoms with Crippen LogP contribution in [0.15, 0.2) is 10.4 Å². The van der Waals surface area contributed by atoms with Gasteiger partial charge in [0, 0.05) is 6.54 Å². The van der Waals surface area contributed by atoms with Gasteiger partial charge < -0.3 is 0 Å². The zero-order chi connectivity index (χ0) is 6.27. The summed E-state index contributed by atoms with van der Waals surface area (Å²) in [6.07, 6.45) is 1.11. The van der Waals surface area contributed by atoms with E-state index in [1.54, 1.807) is 0 Å². The van der Waals surface area contributed by atoms with E-state index in [0.29, 0.717) is 0 Å². The van der Waals surface area contributed by atoms with E-state index in [-0.39, 0.29) is 6.35 Å². The molecule has 5 heteroatoms. The molecule has 0 saturated carbocycles. The molecule has 50 valence electrons. The lowest BCUT2D eigenvalue weighted by Crippen LogP contribution is -2.19. The van der Waals surface area contributed by atoms with Gasteiger partial charge in [0.15, 0.2) is 0 Å². The Morgan fingerprint density at radius 2 is 2.44 bits per heavy atom. The van der Waals surface area contributed by atoms with Gasteiger partial charge in [0.05, 0.1) is 0 Å². The highest BCUT2D eigenvalue weighted by atomic mass is 16.9. The largest absolute Gasteiger partial charge is 0.294 e. The standard InChI is InChI=1S/C4H8N4O/c1-2-3-7-4-8(9-4)6-5-7/h4H,2-3H2,1H3. The molecule has 9 heavy (non-hydrogen) atoms. The molecular weight excluding hydrogens is 120 g/mol. The highest BCUT2D eigenvalue weighted by Crippen LogP contribution is 2.30. The van der Waals surface area contributed by atoms with Crippen molar-refractivity contribution in [2.45, 2.75) is 19.7 Å². The molecule has 1 saturated heterocycles. The van der Waals surface area contributed by atoms with Gasteiger partial charge in [-0.1, -0.05) is 12.1 Å². The molecule has 2 heterocycles. The maximum Gasteiger partial charge on any atom is 0.294 e. The van der Waals surface area contributed by atoms with Gasteiger partial charge in [-0.2, -0.15) is 4.84 Å². The fourth-order valence-corrected chi connectivity index (χ4v) is 0.822. The normalized spacial score (nSPS) is 29.2. The van der Waals surface area contributed by atoms with Crippen molar-refractivity contribution in [1.82, 2.24) is 10.2 Å². The van der Waals surface area contributed by atoms with Crippen LogP contribution in [0.3, 0.4) is 0 Å². The Morgan fingerprint density at radius 1 is 1.56 bits per heavy atom. The predicted octanol–water partition coefficient (Wildman–Crippen LogP) is 0.525. The fourth-order valence-electron chi connectivity index (χ4n) is 0.822. The van der Waals surface area contributed by atoms with Crippen LogP contribution in [0.2, 0.25) is 0 Å². The molecule has 0 radical (unpaired) electrons. The zero-order valence-corrected chi connectivity index (χ0v) is 5.19. The van der Waals surface area contributed by atoms with Crippen LogP contribution in [-0.4, -0.2) is 23.1 Å². The fraction of sp³-hybridized carbons (Fsp3) is 1.00. The molecule has 0 aromatic rings. The molecule has 0 aromatic heterocycles. The second-order valence-corrected chi connectivity index (χ2v) is 2.08. The van der Waals surface area contributed by atoms with E-state index in [1.165, 1.54) is 5.17 Å². The van der Waals surface area contributed by atoms with E-state index in [1.807, 2.05) is 5.01 Å². The molecule has 0 bridgehead atoms. The third-order valence-electron chi connectivity index (χ3n) is 1.30. The van der Waals surface area contributed by atoms with Crippen molar-refractivity contribution in [3.05, 3.63) is 0 Å². The zero-order valence-electron chi connectivity index (χ0n) is 5.19. The van der Waals surface area contributed by atoms with Crippen LogP contribution in [0.5, 0.6) is 0 Å². The summed E-state index contributed by atoms with van der Waals surface area (Å²) in [6.45, 7) is 3.02. The van der Waals surface area contributed by atoms with Gasteiger partial charge in [0.2, 0.25) is 0 Å². The van der Waals surface area contributed by atoms with Gasteiger partial charge >= 0.3 is 0 Å². The Hall–Kier alpha value is -0.840. The Kier molecular flexibility index (Phi) is 0.869. The van der Waals surface area contributed by atoms with Crippen molar-refractivity contribution in [2.24, 2.45) is 10.4 Å². The van der Waals surface area contributed by atoms with E-state index in [0.717, 1.165) is 13.0 Å². The quantitative estimate of drug-likeness (QED) is 0.509. The number of rotatable bonds is 2. The van der Waals surface area contributed by atoms with Crippen molar-refractivity contribution >= 4 is 0 Å². The summed E-state index contributed by atoms with van der Waals surface area (Å²) in [7, 11) is 0. The molecule has 0 spiro atoms. The molecule has 0 aliphatic carbocycles. The Morgan fingerprint density at radius 3 is 2.89 bits per heavy atom. The number of hydrogen-bond donors (Lipinski definition) is 0. The molecule has 0 N–H and O–H groups in total. The average Bonchev–Trinajstić information content (AvgIpc) is 2.54. The maximum absolute atomic E-state index is 4.92. The van der Waals surface area contributed by atoms with E-state index >= 15 is 0 Å². The molecule has 2 aliphatic rings. The van der Waals surface area contributed by atoms with Crippen LogP contribution in [0.25, 0.3) is 0 Å². The first-order valence-electron chi connectivity index (χ1n) is 3.06. The summed E-state index contributed by atoms with van der Waals surface area (Å²) >= 11 is 0. The van der Waals surface area contributed by atoms with Gasteiger partial charge in [-0.05, 0) is 16.9 Å². The Labute approximate surface area is 52.8 Å². The molecule has 2 rings (SSSR count). The van der Waals surface area contributed by atoms with E-state index in [4.69, 9.17) is 4.84 Å². The lowest BCUT2D eigenvalue weighted by atomic mass is 10.5. The molecule has 1 atom stereocenters. The van der Waals surface area contributed by atoms with Crippen molar-refractivity contribution < 1.29 is 4.84 Å². The lowest BCUT2D eigenvalue weighted by molar-refractivity contribution is 0.120. The van der Waals surface area contributed by atoms with E-state index in [9.17, 15) is 0 Å². The Bertz CT molecular complexity index is 148. The highest BCUT2D eigenvalue weighted by molar-refractivity contribution is 4.64. The Balaban J connectivity index is 1.92. The minimum Gasteiger partial charge on any atom is -0.225 e. The van der Waals surface area contributed by atoms with Crippen LogP contribution in [0.1, 0.15) is 13.3 Å². The summed E-state index contributed by atoms with van der Waals surface area (Å²) in [4.78, 5) is 4.92. The highest BCUT2D eigenvalue weighted by Gasteiger charge is 2.46. The third-order valence-corrected chi connectivity index (χ3v) is 1.30. The number of nitrogens with zero attached hydrogens (tertiary/aromatic N) is 4. The monoisotopic (exact) mass is 128 g/mol. The number of hydrogen-bond acceptors (Lipinski definition) is 5. The maximum atomic E-state index is 4.92. The van der Waals surface area contributed by atoms with Crippen LogP contribution in [-0.2, 0) is 4.84 Å². The predicted molar refractivity (Wildman–Crippen MR) is 28.6 cm³/mol. The molecule has 5 nitrogen and oxygen atoms in total. The smallest absolute Gasteiger partial charge is 0.225 e.